The van der Waals surface area contributed by atoms with Crippen molar-refractivity contribution in [3.63, 3.8) is 0 Å². The molecule has 1 fully saturated rings. The lowest BCUT2D eigenvalue weighted by molar-refractivity contribution is 0.0769. The molecule has 1 aliphatic rings. The number of carbonyl (C=O) groups is 1. The van der Waals surface area contributed by atoms with E-state index in [9.17, 15) is 4.79 Å². The quantitative estimate of drug-likeness (QED) is 0.552. The van der Waals surface area contributed by atoms with E-state index in [2.05, 4.69) is 15.2 Å². The standard InChI is InChI=1S/C23H19Cl2N5O2/c1-14(32-22-5-2-15(9-26)10-27-22)18-12-30(23(31)17-6-7-28-29-11-17)13-19(18)16-3-4-20(24)21(25)8-16/h2-8,10-11,14,18-19H,12-13H2,1H3. The molecule has 9 heteroatoms. The van der Waals surface area contributed by atoms with Gasteiger partial charge in [-0.2, -0.15) is 15.5 Å². The smallest absolute Gasteiger partial charge is 0.255 e. The van der Waals surface area contributed by atoms with Gasteiger partial charge >= 0.3 is 0 Å². The highest BCUT2D eigenvalue weighted by molar-refractivity contribution is 6.42. The Morgan fingerprint density at radius 3 is 2.66 bits per heavy atom. The van der Waals surface area contributed by atoms with Gasteiger partial charge in [-0.3, -0.25) is 4.79 Å². The fourth-order valence-corrected chi connectivity index (χ4v) is 4.27. The van der Waals surface area contributed by atoms with Gasteiger partial charge in [0.05, 0.1) is 33.6 Å². The summed E-state index contributed by atoms with van der Waals surface area (Å²) in [6.07, 6.45) is 4.17. The van der Waals surface area contributed by atoms with Crippen LogP contribution in [-0.4, -0.2) is 45.2 Å². The Bertz CT molecular complexity index is 1150. The fourth-order valence-electron chi connectivity index (χ4n) is 3.96. The Balaban J connectivity index is 1.60. The summed E-state index contributed by atoms with van der Waals surface area (Å²) in [5.74, 6) is 0.268. The Morgan fingerprint density at radius 1 is 1.16 bits per heavy atom. The largest absolute Gasteiger partial charge is 0.474 e. The van der Waals surface area contributed by atoms with E-state index >= 15 is 0 Å². The summed E-state index contributed by atoms with van der Waals surface area (Å²) >= 11 is 12.4. The number of pyridine rings is 1. The number of hydrogen-bond donors (Lipinski definition) is 0. The van der Waals surface area contributed by atoms with E-state index in [1.54, 1.807) is 29.2 Å². The first kappa shape index (κ1) is 22.0. The SMILES string of the molecule is CC(Oc1ccc(C#N)cn1)C1CN(C(=O)c2ccnnc2)CC1c1ccc(Cl)c(Cl)c1. The van der Waals surface area contributed by atoms with Gasteiger partial charge in [0, 0.05) is 37.2 Å². The van der Waals surface area contributed by atoms with Gasteiger partial charge in [-0.25, -0.2) is 4.98 Å². The lowest BCUT2D eigenvalue weighted by Crippen LogP contribution is -2.32. The van der Waals surface area contributed by atoms with E-state index in [0.29, 0.717) is 40.1 Å². The number of ether oxygens (including phenoxy) is 1. The van der Waals surface area contributed by atoms with Gasteiger partial charge in [0.2, 0.25) is 5.88 Å². The molecule has 0 saturated carbocycles. The number of aromatic nitrogens is 3. The second-order valence-electron chi connectivity index (χ2n) is 7.61. The van der Waals surface area contributed by atoms with E-state index in [4.69, 9.17) is 33.2 Å². The zero-order valence-electron chi connectivity index (χ0n) is 17.2. The molecule has 3 aromatic rings. The molecule has 1 aromatic carbocycles. The molecule has 3 unspecified atom stereocenters. The third-order valence-electron chi connectivity index (χ3n) is 5.63. The number of carbonyl (C=O) groups excluding carboxylic acids is 1. The lowest BCUT2D eigenvalue weighted by Gasteiger charge is -2.25. The molecule has 3 heterocycles. The van der Waals surface area contributed by atoms with Crippen molar-refractivity contribution < 1.29 is 9.53 Å². The molecule has 0 radical (unpaired) electrons. The van der Waals surface area contributed by atoms with Crippen LogP contribution in [0.15, 0.2) is 55.0 Å². The van der Waals surface area contributed by atoms with E-state index in [-0.39, 0.29) is 23.8 Å². The van der Waals surface area contributed by atoms with Crippen LogP contribution < -0.4 is 4.74 Å². The van der Waals surface area contributed by atoms with Gasteiger partial charge < -0.3 is 9.64 Å². The molecule has 32 heavy (non-hydrogen) atoms. The minimum atomic E-state index is -0.261. The maximum atomic E-state index is 13.1. The topological polar surface area (TPSA) is 92.0 Å². The first-order chi connectivity index (χ1) is 15.5. The summed E-state index contributed by atoms with van der Waals surface area (Å²) < 4.78 is 6.10. The lowest BCUT2D eigenvalue weighted by atomic mass is 9.86. The monoisotopic (exact) mass is 467 g/mol. The minimum absolute atomic E-state index is 0.0168. The number of nitriles is 1. The Kier molecular flexibility index (Phi) is 6.54. The summed E-state index contributed by atoms with van der Waals surface area (Å²) in [7, 11) is 0. The van der Waals surface area contributed by atoms with Gasteiger partial charge in [0.1, 0.15) is 12.2 Å². The molecule has 2 aromatic heterocycles. The number of benzene rings is 1. The molecule has 0 aliphatic carbocycles. The second-order valence-corrected chi connectivity index (χ2v) is 8.42. The van der Waals surface area contributed by atoms with Crippen molar-refractivity contribution in [2.45, 2.75) is 18.9 Å². The molecule has 3 atom stereocenters. The summed E-state index contributed by atoms with van der Waals surface area (Å²) in [5.41, 5.74) is 1.92. The molecular formula is C23H19Cl2N5O2. The van der Waals surface area contributed by atoms with Crippen LogP contribution in [-0.2, 0) is 0 Å². The molecule has 1 saturated heterocycles. The highest BCUT2D eigenvalue weighted by Crippen LogP contribution is 2.38. The van der Waals surface area contributed by atoms with Crippen molar-refractivity contribution in [2.24, 2.45) is 5.92 Å². The number of rotatable bonds is 5. The molecule has 162 valence electrons. The van der Waals surface area contributed by atoms with Crippen molar-refractivity contribution in [1.29, 1.82) is 5.26 Å². The zero-order chi connectivity index (χ0) is 22.7. The van der Waals surface area contributed by atoms with Crippen LogP contribution in [0.4, 0.5) is 0 Å². The average Bonchev–Trinajstić information content (AvgIpc) is 3.27. The number of halogens is 2. The van der Waals surface area contributed by atoms with E-state index in [1.807, 2.05) is 25.1 Å². The number of amides is 1. The summed E-state index contributed by atoms with van der Waals surface area (Å²) in [5, 5.41) is 17.5. The van der Waals surface area contributed by atoms with Gasteiger partial charge in [0.15, 0.2) is 0 Å². The third kappa shape index (κ3) is 4.67. The average molecular weight is 468 g/mol. The van der Waals surface area contributed by atoms with Crippen LogP contribution in [0.25, 0.3) is 0 Å². The molecule has 1 amide bonds. The number of likely N-dealkylation sites (tertiary alicyclic amines) is 1. The van der Waals surface area contributed by atoms with Crippen LogP contribution in [0.5, 0.6) is 5.88 Å². The Morgan fingerprint density at radius 2 is 2.00 bits per heavy atom. The van der Waals surface area contributed by atoms with Crippen molar-refractivity contribution in [2.75, 3.05) is 13.1 Å². The molecule has 0 spiro atoms. The molecule has 7 nitrogen and oxygen atoms in total. The van der Waals surface area contributed by atoms with Crippen LogP contribution >= 0.6 is 23.2 Å². The Hall–Kier alpha value is -3.21. The number of hydrogen-bond acceptors (Lipinski definition) is 6. The van der Waals surface area contributed by atoms with Crippen LogP contribution in [0.1, 0.15) is 34.3 Å². The zero-order valence-corrected chi connectivity index (χ0v) is 18.7. The maximum absolute atomic E-state index is 13.1. The first-order valence-corrected chi connectivity index (χ1v) is 10.8. The van der Waals surface area contributed by atoms with Gasteiger partial charge in [-0.05, 0) is 36.8 Å². The van der Waals surface area contributed by atoms with Crippen molar-refractivity contribution in [3.8, 4) is 11.9 Å². The van der Waals surface area contributed by atoms with Crippen molar-refractivity contribution in [3.05, 3.63) is 81.7 Å². The molecule has 0 N–H and O–H groups in total. The molecule has 1 aliphatic heterocycles. The normalized spacial score (nSPS) is 18.8. The fraction of sp³-hybridized carbons (Fsp3) is 0.261. The maximum Gasteiger partial charge on any atom is 0.255 e. The summed E-state index contributed by atoms with van der Waals surface area (Å²) in [4.78, 5) is 19.1. The van der Waals surface area contributed by atoms with E-state index < -0.39 is 0 Å². The van der Waals surface area contributed by atoms with Crippen molar-refractivity contribution >= 4 is 29.1 Å². The summed E-state index contributed by atoms with van der Waals surface area (Å²) in [6, 6.07) is 12.6. The van der Waals surface area contributed by atoms with E-state index in [0.717, 1.165) is 5.56 Å². The predicted molar refractivity (Wildman–Crippen MR) is 120 cm³/mol. The molecule has 0 bridgehead atoms. The highest BCUT2D eigenvalue weighted by Gasteiger charge is 2.40. The van der Waals surface area contributed by atoms with Gasteiger partial charge in [0.25, 0.3) is 5.91 Å². The van der Waals surface area contributed by atoms with Crippen molar-refractivity contribution in [1.82, 2.24) is 20.1 Å². The number of nitrogens with zero attached hydrogens (tertiary/aromatic N) is 5. The van der Waals surface area contributed by atoms with Crippen LogP contribution in [0.3, 0.4) is 0 Å². The van der Waals surface area contributed by atoms with Gasteiger partial charge in [-0.1, -0.05) is 29.3 Å². The second kappa shape index (κ2) is 9.51. The van der Waals surface area contributed by atoms with Crippen LogP contribution in [0, 0.1) is 17.2 Å². The van der Waals surface area contributed by atoms with Gasteiger partial charge in [-0.15, -0.1) is 0 Å². The summed E-state index contributed by atoms with van der Waals surface area (Å²) in [6.45, 7) is 2.94. The van der Waals surface area contributed by atoms with Crippen LogP contribution in [0.2, 0.25) is 10.0 Å². The highest BCUT2D eigenvalue weighted by atomic mass is 35.5. The molecular weight excluding hydrogens is 449 g/mol. The Labute approximate surface area is 195 Å². The predicted octanol–water partition coefficient (Wildman–Crippen LogP) is 4.37. The first-order valence-electron chi connectivity index (χ1n) is 10.00. The minimum Gasteiger partial charge on any atom is -0.474 e. The third-order valence-corrected chi connectivity index (χ3v) is 6.37. The van der Waals surface area contributed by atoms with E-state index in [1.165, 1.54) is 18.6 Å². The molecule has 4 rings (SSSR count).